The summed E-state index contributed by atoms with van der Waals surface area (Å²) in [5, 5.41) is 3.58. The number of nitrogens with two attached hydrogens (primary N) is 1. The Kier molecular flexibility index (Phi) is 11.9. The van der Waals surface area contributed by atoms with Gasteiger partial charge in [0.1, 0.15) is 17.1 Å². The van der Waals surface area contributed by atoms with Crippen molar-refractivity contribution < 1.29 is 28.1 Å². The Hall–Kier alpha value is -3.32. The minimum Gasteiger partial charge on any atom is -0.453 e. The summed E-state index contributed by atoms with van der Waals surface area (Å²) >= 11 is 0. The van der Waals surface area contributed by atoms with Gasteiger partial charge >= 0.3 is 0 Å². The second-order valence-corrected chi connectivity index (χ2v) is 8.92. The third-order valence-corrected chi connectivity index (χ3v) is 6.09. The lowest BCUT2D eigenvalue weighted by molar-refractivity contribution is -0.0103. The Balaban J connectivity index is 1.17. The number of H-pyrrole nitrogens is 1. The number of fused-ring (bicyclic) bond motifs is 3. The van der Waals surface area contributed by atoms with E-state index in [-0.39, 0.29) is 5.43 Å². The van der Waals surface area contributed by atoms with E-state index >= 15 is 0 Å². The number of ether oxygens (including phenoxy) is 5. The van der Waals surface area contributed by atoms with Crippen LogP contribution in [0.5, 0.6) is 0 Å². The number of aromatic nitrogens is 2. The highest BCUT2D eigenvalue weighted by Gasteiger charge is 2.13. The van der Waals surface area contributed by atoms with Crippen molar-refractivity contribution in [2.75, 3.05) is 85.0 Å². The molecule has 0 bridgehead atoms. The molecule has 11 heteroatoms. The molecule has 216 valence electrons. The van der Waals surface area contributed by atoms with Gasteiger partial charge in [-0.3, -0.25) is 4.79 Å². The van der Waals surface area contributed by atoms with Crippen LogP contribution in [0.4, 0.5) is 5.69 Å². The molecule has 0 saturated heterocycles. The highest BCUT2D eigenvalue weighted by molar-refractivity contribution is 6.00. The van der Waals surface area contributed by atoms with Gasteiger partial charge in [-0.15, -0.1) is 0 Å². The lowest BCUT2D eigenvalue weighted by atomic mass is 10.1. The Morgan fingerprint density at radius 2 is 1.43 bits per heavy atom. The Bertz CT molecular complexity index is 1370. The molecule has 4 rings (SSSR count). The number of hydrogen-bond donors (Lipinski definition) is 3. The summed E-state index contributed by atoms with van der Waals surface area (Å²) < 4.78 is 33.5. The summed E-state index contributed by atoms with van der Waals surface area (Å²) in [6.07, 6.45) is 0.589. The van der Waals surface area contributed by atoms with Crippen molar-refractivity contribution in [1.82, 2.24) is 9.97 Å². The number of rotatable bonds is 19. The van der Waals surface area contributed by atoms with Gasteiger partial charge in [0.15, 0.2) is 11.0 Å². The van der Waals surface area contributed by atoms with Gasteiger partial charge in [0.25, 0.3) is 0 Å². The smallest absolute Gasteiger partial charge is 0.193 e. The first-order chi connectivity index (χ1) is 19.7. The minimum absolute atomic E-state index is 0.105. The van der Waals surface area contributed by atoms with E-state index in [0.717, 1.165) is 22.6 Å². The van der Waals surface area contributed by atoms with Gasteiger partial charge < -0.3 is 44.1 Å². The number of nitrogens with one attached hydrogen (secondary N) is 2. The molecule has 4 N–H and O–H groups in total. The third kappa shape index (κ3) is 8.59. The number of anilines is 1. The van der Waals surface area contributed by atoms with Crippen LogP contribution >= 0.6 is 0 Å². The van der Waals surface area contributed by atoms with Crippen molar-refractivity contribution in [1.29, 1.82) is 0 Å². The van der Waals surface area contributed by atoms with E-state index in [1.165, 1.54) is 6.07 Å². The molecule has 0 fully saturated rings. The van der Waals surface area contributed by atoms with E-state index in [2.05, 4.69) is 10.3 Å². The Labute approximate surface area is 232 Å². The Morgan fingerprint density at radius 1 is 0.825 bits per heavy atom. The molecule has 0 aliphatic rings. The van der Waals surface area contributed by atoms with Crippen LogP contribution in [0, 0.1) is 0 Å². The highest BCUT2D eigenvalue weighted by atomic mass is 16.6. The number of nitrogens with zero attached hydrogens (tertiary/aromatic N) is 1. The van der Waals surface area contributed by atoms with Gasteiger partial charge in [0, 0.05) is 37.3 Å². The molecule has 0 atom stereocenters. The summed E-state index contributed by atoms with van der Waals surface area (Å²) in [6.45, 7) is 5.60. The second-order valence-electron chi connectivity index (χ2n) is 8.92. The number of hydrogen-bond acceptors (Lipinski definition) is 10. The highest BCUT2D eigenvalue weighted by Crippen LogP contribution is 2.27. The topological polar surface area (TPSA) is 143 Å². The van der Waals surface area contributed by atoms with Gasteiger partial charge in [-0.1, -0.05) is 0 Å². The van der Waals surface area contributed by atoms with Crippen molar-refractivity contribution in [2.24, 2.45) is 5.73 Å². The van der Waals surface area contributed by atoms with E-state index in [9.17, 15) is 4.79 Å². The summed E-state index contributed by atoms with van der Waals surface area (Å²) in [5.41, 5.74) is 8.95. The molecule has 0 aliphatic carbocycles. The zero-order chi connectivity index (χ0) is 28.0. The number of imidazole rings is 1. The quantitative estimate of drug-likeness (QED) is 0.148. The monoisotopic (exact) mass is 554 g/mol. The van der Waals surface area contributed by atoms with Gasteiger partial charge in [-0.25, -0.2) is 4.98 Å². The van der Waals surface area contributed by atoms with Gasteiger partial charge in [-0.05, 0) is 36.4 Å². The zero-order valence-electron chi connectivity index (χ0n) is 22.9. The molecule has 0 spiro atoms. The standard InChI is InChI=1S/C29H38N4O7/c1-31-22-4-2-21(3-5-22)26-20-25(34)23-6-7-24-28(29(23)40-26)33-27(32-24)8-10-35-12-14-37-16-18-39-19-17-38-15-13-36-11-9-30/h2-7,20,31H,8-19,30H2,1H3,(H,32,33). The van der Waals surface area contributed by atoms with Crippen LogP contribution in [0.15, 0.2) is 51.7 Å². The Morgan fingerprint density at radius 3 is 2.02 bits per heavy atom. The number of aromatic amines is 1. The van der Waals surface area contributed by atoms with Crippen LogP contribution < -0.4 is 16.5 Å². The molecule has 2 aromatic carbocycles. The first kappa shape index (κ1) is 29.7. The van der Waals surface area contributed by atoms with Crippen LogP contribution in [0.1, 0.15) is 5.82 Å². The molecule has 4 aromatic rings. The molecule has 0 amide bonds. The molecule has 40 heavy (non-hydrogen) atoms. The average Bonchev–Trinajstić information content (AvgIpc) is 3.40. The fraction of sp³-hybridized carbons (Fsp3) is 0.448. The maximum Gasteiger partial charge on any atom is 0.193 e. The molecule has 2 aromatic heterocycles. The SMILES string of the molecule is CNc1ccc(-c2cc(=O)c3ccc4[nH]c(CCOCCOCCOCCOCCOCCN)nc4c3o2)cc1. The lowest BCUT2D eigenvalue weighted by Crippen LogP contribution is -2.15. The predicted molar refractivity (Wildman–Crippen MR) is 154 cm³/mol. The largest absolute Gasteiger partial charge is 0.453 e. The second kappa shape index (κ2) is 16.1. The molecule has 0 radical (unpaired) electrons. The van der Waals surface area contributed by atoms with E-state index in [1.54, 1.807) is 6.07 Å². The molecule has 2 heterocycles. The first-order valence-corrected chi connectivity index (χ1v) is 13.5. The normalized spacial score (nSPS) is 11.6. The van der Waals surface area contributed by atoms with E-state index < -0.39 is 0 Å². The van der Waals surface area contributed by atoms with Crippen LogP contribution in [-0.4, -0.2) is 89.6 Å². The molecule has 11 nitrogen and oxygen atoms in total. The van der Waals surface area contributed by atoms with Crippen LogP contribution in [-0.2, 0) is 30.1 Å². The lowest BCUT2D eigenvalue weighted by Gasteiger charge is -2.07. The van der Waals surface area contributed by atoms with Crippen molar-refractivity contribution >= 4 is 27.7 Å². The minimum atomic E-state index is -0.105. The first-order valence-electron chi connectivity index (χ1n) is 13.5. The predicted octanol–water partition coefficient (Wildman–Crippen LogP) is 2.96. The fourth-order valence-electron chi connectivity index (χ4n) is 4.03. The van der Waals surface area contributed by atoms with Crippen molar-refractivity contribution in [3.63, 3.8) is 0 Å². The molecule has 0 saturated carbocycles. The van der Waals surface area contributed by atoms with Crippen LogP contribution in [0.25, 0.3) is 33.3 Å². The fourth-order valence-corrected chi connectivity index (χ4v) is 4.03. The molecule has 0 unspecified atom stereocenters. The van der Waals surface area contributed by atoms with Crippen LogP contribution in [0.2, 0.25) is 0 Å². The molecule has 0 aliphatic heterocycles. The number of benzene rings is 2. The average molecular weight is 555 g/mol. The van der Waals surface area contributed by atoms with Crippen molar-refractivity contribution in [2.45, 2.75) is 6.42 Å². The van der Waals surface area contributed by atoms with Gasteiger partial charge in [0.05, 0.1) is 77.0 Å². The van der Waals surface area contributed by atoms with E-state index in [4.69, 9.17) is 38.8 Å². The summed E-state index contributed by atoms with van der Waals surface area (Å²) in [6, 6.07) is 12.9. The summed E-state index contributed by atoms with van der Waals surface area (Å²) in [5.74, 6) is 1.26. The zero-order valence-corrected chi connectivity index (χ0v) is 22.9. The van der Waals surface area contributed by atoms with Crippen LogP contribution in [0.3, 0.4) is 0 Å². The summed E-state index contributed by atoms with van der Waals surface area (Å²) in [7, 11) is 1.86. The van der Waals surface area contributed by atoms with Crippen molar-refractivity contribution in [3.05, 3.63) is 58.5 Å². The van der Waals surface area contributed by atoms with Gasteiger partial charge in [-0.2, -0.15) is 0 Å². The van der Waals surface area contributed by atoms with E-state index in [0.29, 0.717) is 101 Å². The summed E-state index contributed by atoms with van der Waals surface area (Å²) in [4.78, 5) is 20.8. The molecular formula is C29H38N4O7. The maximum atomic E-state index is 12.8. The van der Waals surface area contributed by atoms with Gasteiger partial charge in [0.2, 0.25) is 0 Å². The van der Waals surface area contributed by atoms with Crippen molar-refractivity contribution in [3.8, 4) is 11.3 Å². The van der Waals surface area contributed by atoms with E-state index in [1.807, 2.05) is 37.4 Å². The third-order valence-electron chi connectivity index (χ3n) is 6.09. The molecular weight excluding hydrogens is 516 g/mol. The maximum absolute atomic E-state index is 12.8.